The standard InChI is InChI=1S/C12H10Br2N4O2/c1-6-2-10(17-16-6)12(20)18-15-5-7-3-8(13)4-9(14)11(7)19/h2-5,19H,1H3,(H,16,17)(H,18,20). The molecular weight excluding hydrogens is 392 g/mol. The zero-order chi connectivity index (χ0) is 14.7. The molecule has 0 spiro atoms. The van der Waals surface area contributed by atoms with Crippen LogP contribution in [0, 0.1) is 6.92 Å². The number of carbonyl (C=O) groups excluding carboxylic acids is 1. The van der Waals surface area contributed by atoms with Crippen molar-refractivity contribution in [1.82, 2.24) is 15.6 Å². The number of nitrogens with zero attached hydrogens (tertiary/aromatic N) is 2. The molecular formula is C12H10Br2N4O2. The Balaban J connectivity index is 2.09. The number of rotatable bonds is 3. The lowest BCUT2D eigenvalue weighted by atomic mass is 10.2. The van der Waals surface area contributed by atoms with Crippen molar-refractivity contribution in [3.8, 4) is 5.75 Å². The van der Waals surface area contributed by atoms with Crippen LogP contribution in [0.3, 0.4) is 0 Å². The highest BCUT2D eigenvalue weighted by atomic mass is 79.9. The fraction of sp³-hybridized carbons (Fsp3) is 0.0833. The van der Waals surface area contributed by atoms with Crippen LogP contribution in [0.25, 0.3) is 0 Å². The fourth-order valence-corrected chi connectivity index (χ4v) is 2.69. The molecule has 104 valence electrons. The molecule has 0 saturated heterocycles. The van der Waals surface area contributed by atoms with Crippen LogP contribution in [0.2, 0.25) is 0 Å². The first-order chi connectivity index (χ1) is 9.47. The molecule has 0 fully saturated rings. The number of aromatic amines is 1. The molecule has 0 radical (unpaired) electrons. The summed E-state index contributed by atoms with van der Waals surface area (Å²) in [6.07, 6.45) is 1.35. The second-order valence-corrected chi connectivity index (χ2v) is 5.73. The van der Waals surface area contributed by atoms with Crippen LogP contribution in [0.1, 0.15) is 21.7 Å². The Morgan fingerprint density at radius 2 is 2.20 bits per heavy atom. The Hall–Kier alpha value is -1.67. The minimum absolute atomic E-state index is 0.0433. The second-order valence-electron chi connectivity index (χ2n) is 3.96. The SMILES string of the molecule is Cc1cc(C(=O)NN=Cc2cc(Br)cc(Br)c2O)n[nH]1. The molecule has 0 atom stereocenters. The smallest absolute Gasteiger partial charge is 0.291 e. The fourth-order valence-electron chi connectivity index (χ4n) is 1.44. The number of H-pyrrole nitrogens is 1. The molecule has 1 aromatic carbocycles. The third-order valence-corrected chi connectivity index (χ3v) is 3.43. The number of carbonyl (C=O) groups is 1. The number of benzene rings is 1. The van der Waals surface area contributed by atoms with Gasteiger partial charge in [-0.3, -0.25) is 9.89 Å². The van der Waals surface area contributed by atoms with Gasteiger partial charge in [0, 0.05) is 15.7 Å². The average Bonchev–Trinajstić information content (AvgIpc) is 2.81. The predicted octanol–water partition coefficient (Wildman–Crippen LogP) is 2.71. The van der Waals surface area contributed by atoms with Gasteiger partial charge in [-0.05, 0) is 41.1 Å². The summed E-state index contributed by atoms with van der Waals surface area (Å²) in [7, 11) is 0. The minimum Gasteiger partial charge on any atom is -0.506 e. The van der Waals surface area contributed by atoms with Gasteiger partial charge in [0.05, 0.1) is 10.7 Å². The van der Waals surface area contributed by atoms with E-state index in [1.54, 1.807) is 25.1 Å². The number of halogens is 2. The summed E-state index contributed by atoms with van der Waals surface area (Å²) in [5, 5.41) is 20.1. The molecule has 0 bridgehead atoms. The van der Waals surface area contributed by atoms with Crippen LogP contribution < -0.4 is 5.43 Å². The molecule has 0 unspecified atom stereocenters. The molecule has 2 aromatic rings. The number of amides is 1. The molecule has 8 heteroatoms. The lowest BCUT2D eigenvalue weighted by molar-refractivity contribution is 0.0950. The summed E-state index contributed by atoms with van der Waals surface area (Å²) >= 11 is 6.52. The van der Waals surface area contributed by atoms with Crippen molar-refractivity contribution in [2.45, 2.75) is 6.92 Å². The summed E-state index contributed by atoms with van der Waals surface area (Å²) in [4.78, 5) is 11.7. The van der Waals surface area contributed by atoms with Crippen molar-refractivity contribution in [1.29, 1.82) is 0 Å². The maximum absolute atomic E-state index is 11.7. The van der Waals surface area contributed by atoms with Crippen LogP contribution >= 0.6 is 31.9 Å². The predicted molar refractivity (Wildman–Crippen MR) is 81.9 cm³/mol. The van der Waals surface area contributed by atoms with E-state index in [1.165, 1.54) is 6.21 Å². The summed E-state index contributed by atoms with van der Waals surface area (Å²) in [5.41, 5.74) is 3.83. The molecule has 2 rings (SSSR count). The van der Waals surface area contributed by atoms with Gasteiger partial charge >= 0.3 is 0 Å². The van der Waals surface area contributed by atoms with Crippen LogP contribution in [0.5, 0.6) is 5.75 Å². The van der Waals surface area contributed by atoms with Crippen molar-refractivity contribution in [2.24, 2.45) is 5.10 Å². The highest BCUT2D eigenvalue weighted by Crippen LogP contribution is 2.30. The first-order valence-corrected chi connectivity index (χ1v) is 7.09. The van der Waals surface area contributed by atoms with Gasteiger partial charge in [0.1, 0.15) is 5.75 Å². The molecule has 3 N–H and O–H groups in total. The zero-order valence-corrected chi connectivity index (χ0v) is 13.5. The number of nitrogens with one attached hydrogen (secondary N) is 2. The number of phenolic OH excluding ortho intramolecular Hbond substituents is 1. The highest BCUT2D eigenvalue weighted by Gasteiger charge is 2.08. The molecule has 1 heterocycles. The highest BCUT2D eigenvalue weighted by molar-refractivity contribution is 9.11. The van der Waals surface area contributed by atoms with Gasteiger partial charge in [-0.1, -0.05) is 15.9 Å². The van der Waals surface area contributed by atoms with Gasteiger partial charge < -0.3 is 5.11 Å². The summed E-state index contributed by atoms with van der Waals surface area (Å²) in [5.74, 6) is -0.388. The quantitative estimate of drug-likeness (QED) is 0.545. The molecule has 0 saturated carbocycles. The van der Waals surface area contributed by atoms with Gasteiger partial charge in [0.2, 0.25) is 0 Å². The minimum atomic E-state index is -0.431. The van der Waals surface area contributed by atoms with E-state index < -0.39 is 5.91 Å². The van der Waals surface area contributed by atoms with E-state index in [2.05, 4.69) is 52.6 Å². The molecule has 0 aliphatic heterocycles. The van der Waals surface area contributed by atoms with Crippen LogP contribution in [-0.2, 0) is 0 Å². The van der Waals surface area contributed by atoms with Gasteiger partial charge in [-0.2, -0.15) is 10.2 Å². The Kier molecular flexibility index (Phi) is 4.56. The number of aromatic hydroxyl groups is 1. The second kappa shape index (κ2) is 6.19. The zero-order valence-electron chi connectivity index (χ0n) is 10.3. The normalized spacial score (nSPS) is 10.9. The lowest BCUT2D eigenvalue weighted by Gasteiger charge is -2.02. The van der Waals surface area contributed by atoms with E-state index in [-0.39, 0.29) is 11.4 Å². The maximum atomic E-state index is 11.7. The number of aryl methyl sites for hydroxylation is 1. The number of aromatic nitrogens is 2. The molecule has 0 aliphatic rings. The Bertz CT molecular complexity index is 682. The molecule has 1 aromatic heterocycles. The number of hydrogen-bond donors (Lipinski definition) is 3. The van der Waals surface area contributed by atoms with Crippen molar-refractivity contribution >= 4 is 44.0 Å². The Morgan fingerprint density at radius 1 is 1.45 bits per heavy atom. The molecule has 0 aliphatic carbocycles. The summed E-state index contributed by atoms with van der Waals surface area (Å²) < 4.78 is 1.31. The first kappa shape index (κ1) is 14.7. The van der Waals surface area contributed by atoms with Gasteiger partial charge in [-0.15, -0.1) is 0 Å². The molecule has 1 amide bonds. The van der Waals surface area contributed by atoms with Crippen molar-refractivity contribution in [3.05, 3.63) is 44.1 Å². The van der Waals surface area contributed by atoms with Crippen molar-refractivity contribution in [2.75, 3.05) is 0 Å². The number of phenols is 1. The topological polar surface area (TPSA) is 90.4 Å². The monoisotopic (exact) mass is 400 g/mol. The summed E-state index contributed by atoms with van der Waals surface area (Å²) in [6.45, 7) is 1.80. The van der Waals surface area contributed by atoms with E-state index in [0.717, 1.165) is 10.2 Å². The van der Waals surface area contributed by atoms with Crippen LogP contribution in [0.15, 0.2) is 32.2 Å². The maximum Gasteiger partial charge on any atom is 0.291 e. The van der Waals surface area contributed by atoms with E-state index in [1.807, 2.05) is 0 Å². The molecule has 20 heavy (non-hydrogen) atoms. The number of hydrogen-bond acceptors (Lipinski definition) is 4. The largest absolute Gasteiger partial charge is 0.506 e. The lowest BCUT2D eigenvalue weighted by Crippen LogP contribution is -2.18. The van der Waals surface area contributed by atoms with E-state index in [4.69, 9.17) is 0 Å². The third kappa shape index (κ3) is 3.45. The summed E-state index contributed by atoms with van der Waals surface area (Å²) in [6, 6.07) is 4.99. The van der Waals surface area contributed by atoms with Crippen LogP contribution in [-0.4, -0.2) is 27.4 Å². The Labute approximate surface area is 131 Å². The van der Waals surface area contributed by atoms with E-state index in [9.17, 15) is 9.90 Å². The Morgan fingerprint density at radius 3 is 2.85 bits per heavy atom. The van der Waals surface area contributed by atoms with Gasteiger partial charge in [0.15, 0.2) is 5.69 Å². The molecule has 6 nitrogen and oxygen atoms in total. The van der Waals surface area contributed by atoms with Gasteiger partial charge in [-0.25, -0.2) is 5.43 Å². The average molecular weight is 402 g/mol. The van der Waals surface area contributed by atoms with Gasteiger partial charge in [0.25, 0.3) is 5.91 Å². The van der Waals surface area contributed by atoms with Crippen molar-refractivity contribution in [3.63, 3.8) is 0 Å². The first-order valence-electron chi connectivity index (χ1n) is 5.51. The third-order valence-electron chi connectivity index (χ3n) is 2.37. The number of hydrazone groups is 1. The van der Waals surface area contributed by atoms with E-state index in [0.29, 0.717) is 10.0 Å². The van der Waals surface area contributed by atoms with Crippen molar-refractivity contribution < 1.29 is 9.90 Å². The van der Waals surface area contributed by atoms with E-state index >= 15 is 0 Å². The van der Waals surface area contributed by atoms with Crippen LogP contribution in [0.4, 0.5) is 0 Å².